The van der Waals surface area contributed by atoms with Crippen LogP contribution in [0, 0.1) is 27.7 Å². The number of aryl methyl sites for hydroxylation is 6. The highest BCUT2D eigenvalue weighted by Gasteiger charge is 2.05. The van der Waals surface area contributed by atoms with Crippen molar-refractivity contribution in [3.05, 3.63) is 128 Å². The van der Waals surface area contributed by atoms with Crippen molar-refractivity contribution in [1.82, 2.24) is 0 Å². The monoisotopic (exact) mass is 659 g/mol. The number of anilines is 2. The van der Waals surface area contributed by atoms with E-state index in [4.69, 9.17) is 11.5 Å². The minimum absolute atomic E-state index is 0.925. The molecule has 0 aliphatic carbocycles. The Bertz CT molecular complexity index is 1370. The lowest BCUT2D eigenvalue weighted by Gasteiger charge is -2.10. The summed E-state index contributed by atoms with van der Waals surface area (Å²) in [5.41, 5.74) is 27.3. The zero-order chi connectivity index (χ0) is 34.8. The molecule has 0 bridgehead atoms. The molecule has 0 atom stereocenters. The molecule has 2 nitrogen and oxygen atoms in total. The first-order chi connectivity index (χ1) is 23.8. The van der Waals surface area contributed by atoms with E-state index in [2.05, 4.69) is 100 Å². The summed E-state index contributed by atoms with van der Waals surface area (Å²) < 4.78 is 0. The van der Waals surface area contributed by atoms with Crippen molar-refractivity contribution in [2.45, 2.75) is 150 Å². The van der Waals surface area contributed by atoms with Crippen molar-refractivity contribution in [1.29, 1.82) is 0 Å². The van der Waals surface area contributed by atoms with Crippen molar-refractivity contribution in [2.75, 3.05) is 11.5 Å². The maximum Gasteiger partial charge on any atom is 0.0373 e. The minimum Gasteiger partial charge on any atom is -0.398 e. The number of unbranched alkanes of at least 4 members (excludes halogenated alkanes) is 14. The summed E-state index contributed by atoms with van der Waals surface area (Å²) in [6.07, 6.45) is 25.3. The third-order valence-corrected chi connectivity index (χ3v) is 10.6. The van der Waals surface area contributed by atoms with Crippen LogP contribution in [-0.4, -0.2) is 0 Å². The zero-order valence-corrected chi connectivity index (χ0v) is 31.5. The molecule has 4 aromatic carbocycles. The van der Waals surface area contributed by atoms with Gasteiger partial charge in [0.25, 0.3) is 0 Å². The van der Waals surface area contributed by atoms with Gasteiger partial charge in [0, 0.05) is 11.4 Å². The van der Waals surface area contributed by atoms with Gasteiger partial charge in [-0.25, -0.2) is 0 Å². The second-order valence-corrected chi connectivity index (χ2v) is 15.1. The molecular formula is C47H66N2. The van der Waals surface area contributed by atoms with Crippen molar-refractivity contribution in [3.8, 4) is 0 Å². The Morgan fingerprint density at radius 2 is 0.531 bits per heavy atom. The maximum atomic E-state index is 6.13. The smallest absolute Gasteiger partial charge is 0.0373 e. The van der Waals surface area contributed by atoms with Crippen LogP contribution in [0.4, 0.5) is 11.4 Å². The fourth-order valence-corrected chi connectivity index (χ4v) is 7.41. The molecule has 0 radical (unpaired) electrons. The summed E-state index contributed by atoms with van der Waals surface area (Å²) in [6, 6.07) is 27.5. The average Bonchev–Trinajstić information content (AvgIpc) is 3.09. The van der Waals surface area contributed by atoms with Crippen molar-refractivity contribution in [3.63, 3.8) is 0 Å². The molecular weight excluding hydrogens is 593 g/mol. The number of nitrogens with two attached hydrogens (primary N) is 2. The van der Waals surface area contributed by atoms with Gasteiger partial charge in [0.15, 0.2) is 0 Å². The molecule has 4 N–H and O–H groups in total. The van der Waals surface area contributed by atoms with Crippen molar-refractivity contribution < 1.29 is 0 Å². The van der Waals surface area contributed by atoms with E-state index in [1.807, 2.05) is 0 Å². The van der Waals surface area contributed by atoms with E-state index in [1.165, 1.54) is 165 Å². The SMILES string of the molecule is Cc1cc(Cc2ccc(CCCCCCCCCCCCCCCCCc3ccc(Cc4cc(C)c(N)c(C)c4)cc3)cc2)cc(C)c1N. The molecule has 0 spiro atoms. The normalized spacial score (nSPS) is 11.3. The van der Waals surface area contributed by atoms with Crippen LogP contribution in [0.3, 0.4) is 0 Å². The van der Waals surface area contributed by atoms with Crippen molar-refractivity contribution in [2.24, 2.45) is 0 Å². The highest BCUT2D eigenvalue weighted by molar-refractivity contribution is 5.55. The van der Waals surface area contributed by atoms with Gasteiger partial charge in [0.05, 0.1) is 0 Å². The second-order valence-electron chi connectivity index (χ2n) is 15.1. The maximum absolute atomic E-state index is 6.13. The predicted molar refractivity (Wildman–Crippen MR) is 216 cm³/mol. The van der Waals surface area contributed by atoms with E-state index in [0.717, 1.165) is 24.2 Å². The van der Waals surface area contributed by atoms with Crippen molar-refractivity contribution >= 4 is 11.4 Å². The fraction of sp³-hybridized carbons (Fsp3) is 0.489. The van der Waals surface area contributed by atoms with Crippen LogP contribution in [0.5, 0.6) is 0 Å². The third-order valence-electron chi connectivity index (χ3n) is 10.6. The lowest BCUT2D eigenvalue weighted by Crippen LogP contribution is -1.97. The van der Waals surface area contributed by atoms with Gasteiger partial charge in [-0.3, -0.25) is 0 Å². The Hall–Kier alpha value is -3.52. The zero-order valence-electron chi connectivity index (χ0n) is 31.5. The molecule has 49 heavy (non-hydrogen) atoms. The number of nitrogen functional groups attached to an aromatic ring is 2. The molecule has 0 aliphatic heterocycles. The third kappa shape index (κ3) is 13.7. The standard InChI is InChI=1S/C47H66N2/c1-36-30-44(31-37(2)46(36)48)34-42-26-22-40(23-27-42)20-18-16-14-12-10-8-6-5-7-9-11-13-15-17-19-21-41-24-28-43(29-25-41)35-45-32-38(3)47(49)39(4)33-45/h22-33H,5-21,34-35,48-49H2,1-4H3. The highest BCUT2D eigenvalue weighted by atomic mass is 14.6. The first kappa shape index (κ1) is 38.3. The lowest BCUT2D eigenvalue weighted by molar-refractivity contribution is 0.530. The predicted octanol–water partition coefficient (Wildman–Crippen LogP) is 12.9. The lowest BCUT2D eigenvalue weighted by atomic mass is 9.97. The molecule has 4 aromatic rings. The summed E-state index contributed by atoms with van der Waals surface area (Å²) in [7, 11) is 0. The van der Waals surface area contributed by atoms with E-state index in [9.17, 15) is 0 Å². The highest BCUT2D eigenvalue weighted by Crippen LogP contribution is 2.23. The van der Waals surface area contributed by atoms with Gasteiger partial charge in [0.1, 0.15) is 0 Å². The molecule has 4 rings (SSSR count). The Morgan fingerprint density at radius 3 is 0.796 bits per heavy atom. The quantitative estimate of drug-likeness (QED) is 0.0652. The molecule has 0 aliphatic rings. The topological polar surface area (TPSA) is 52.0 Å². The van der Waals surface area contributed by atoms with Crippen LogP contribution in [0.2, 0.25) is 0 Å². The van der Waals surface area contributed by atoms with E-state index >= 15 is 0 Å². The molecule has 0 aromatic heterocycles. The number of rotatable bonds is 22. The molecule has 2 heteroatoms. The Morgan fingerprint density at radius 1 is 0.306 bits per heavy atom. The summed E-state index contributed by atoms with van der Waals surface area (Å²) in [5, 5.41) is 0. The van der Waals surface area contributed by atoms with E-state index in [1.54, 1.807) is 0 Å². The van der Waals surface area contributed by atoms with E-state index in [-0.39, 0.29) is 0 Å². The number of hydrogen-bond acceptors (Lipinski definition) is 2. The summed E-state index contributed by atoms with van der Waals surface area (Å²) in [6.45, 7) is 8.42. The van der Waals surface area contributed by atoms with Gasteiger partial charge in [-0.05, 0) is 122 Å². The Balaban J connectivity index is 0.914. The minimum atomic E-state index is 0.925. The summed E-state index contributed by atoms with van der Waals surface area (Å²) in [5.74, 6) is 0. The molecule has 0 saturated carbocycles. The van der Waals surface area contributed by atoms with Gasteiger partial charge in [-0.2, -0.15) is 0 Å². The first-order valence-electron chi connectivity index (χ1n) is 19.7. The number of benzene rings is 4. The largest absolute Gasteiger partial charge is 0.398 e. The molecule has 0 heterocycles. The molecule has 264 valence electrons. The molecule has 0 fully saturated rings. The van der Waals surface area contributed by atoms with Gasteiger partial charge < -0.3 is 11.5 Å². The van der Waals surface area contributed by atoms with Gasteiger partial charge in [-0.15, -0.1) is 0 Å². The van der Waals surface area contributed by atoms with Gasteiger partial charge in [-0.1, -0.05) is 156 Å². The number of hydrogen-bond donors (Lipinski definition) is 2. The van der Waals surface area contributed by atoms with Crippen LogP contribution < -0.4 is 11.5 Å². The van der Waals surface area contributed by atoms with Gasteiger partial charge >= 0.3 is 0 Å². The summed E-state index contributed by atoms with van der Waals surface area (Å²) in [4.78, 5) is 0. The van der Waals surface area contributed by atoms with Crippen LogP contribution in [0.25, 0.3) is 0 Å². The Labute approximate surface area is 300 Å². The van der Waals surface area contributed by atoms with Crippen LogP contribution in [-0.2, 0) is 25.7 Å². The first-order valence-corrected chi connectivity index (χ1v) is 19.7. The van der Waals surface area contributed by atoms with Crippen LogP contribution in [0.15, 0.2) is 72.8 Å². The molecule has 0 amide bonds. The molecule has 0 unspecified atom stereocenters. The fourth-order valence-electron chi connectivity index (χ4n) is 7.41. The van der Waals surface area contributed by atoms with Gasteiger partial charge in [0.2, 0.25) is 0 Å². The average molecular weight is 659 g/mol. The second kappa shape index (κ2) is 20.9. The van der Waals surface area contributed by atoms with E-state index < -0.39 is 0 Å². The van der Waals surface area contributed by atoms with E-state index in [0.29, 0.717) is 0 Å². The Kier molecular flexibility index (Phi) is 16.3. The van der Waals surface area contributed by atoms with Crippen LogP contribution >= 0.6 is 0 Å². The van der Waals surface area contributed by atoms with Crippen LogP contribution in [0.1, 0.15) is 152 Å². The summed E-state index contributed by atoms with van der Waals surface area (Å²) >= 11 is 0. The molecule has 0 saturated heterocycles.